The van der Waals surface area contributed by atoms with Gasteiger partial charge in [0.2, 0.25) is 0 Å². The molecule has 1 N–H and O–H groups in total. The normalized spacial score (nSPS) is 24.9. The number of fused-ring (bicyclic) bond motifs is 2. The molecular formula is C12H13N. The van der Waals surface area contributed by atoms with Crippen LogP contribution in [0.15, 0.2) is 24.3 Å². The molecule has 13 heavy (non-hydrogen) atoms. The fourth-order valence-corrected chi connectivity index (χ4v) is 2.43. The number of nitrogens with one attached hydrogen (secondary N) is 1. The molecule has 1 saturated heterocycles. The Morgan fingerprint density at radius 3 is 3.15 bits per heavy atom. The topological polar surface area (TPSA) is 12.0 Å². The maximum absolute atomic E-state index is 3.45. The highest BCUT2D eigenvalue weighted by molar-refractivity contribution is 5.57. The van der Waals surface area contributed by atoms with Gasteiger partial charge in [0.05, 0.1) is 0 Å². The summed E-state index contributed by atoms with van der Waals surface area (Å²) >= 11 is 0. The Morgan fingerprint density at radius 1 is 1.23 bits per heavy atom. The van der Waals surface area contributed by atoms with Crippen molar-refractivity contribution < 1.29 is 0 Å². The largest absolute Gasteiger partial charge is 0.312 e. The Kier molecular flexibility index (Phi) is 1.53. The van der Waals surface area contributed by atoms with Crippen molar-refractivity contribution in [1.29, 1.82) is 0 Å². The van der Waals surface area contributed by atoms with Gasteiger partial charge in [-0.25, -0.2) is 0 Å². The maximum Gasteiger partial charge on any atom is 0.0177 e. The second-order valence-corrected chi connectivity index (χ2v) is 3.88. The van der Waals surface area contributed by atoms with Crippen LogP contribution in [-0.4, -0.2) is 13.1 Å². The van der Waals surface area contributed by atoms with Crippen LogP contribution in [0.3, 0.4) is 0 Å². The van der Waals surface area contributed by atoms with Crippen LogP contribution >= 0.6 is 0 Å². The van der Waals surface area contributed by atoms with E-state index in [1.165, 1.54) is 23.4 Å². The number of benzene rings is 1. The van der Waals surface area contributed by atoms with Gasteiger partial charge in [0.15, 0.2) is 0 Å². The van der Waals surface area contributed by atoms with Gasteiger partial charge in [-0.1, -0.05) is 30.3 Å². The second kappa shape index (κ2) is 2.71. The summed E-state index contributed by atoms with van der Waals surface area (Å²) in [5, 5.41) is 6.35. The molecule has 0 aromatic heterocycles. The number of hydrogen-bond acceptors (Lipinski definition) is 1. The van der Waals surface area contributed by atoms with Gasteiger partial charge in [-0.15, -0.1) is 0 Å². The molecule has 2 aliphatic rings. The lowest BCUT2D eigenvalue weighted by Crippen LogP contribution is -2.32. The quantitative estimate of drug-likeness (QED) is 0.589. The average molecular weight is 171 g/mol. The molecule has 1 aliphatic heterocycles. The van der Waals surface area contributed by atoms with E-state index in [1.54, 1.807) is 5.57 Å². The molecule has 1 unspecified atom stereocenters. The summed E-state index contributed by atoms with van der Waals surface area (Å²) in [6.07, 6.45) is 3.59. The van der Waals surface area contributed by atoms with E-state index in [0.29, 0.717) is 0 Å². The molecule has 1 aromatic carbocycles. The SMILES string of the molecule is C1=c2ccccc2=C2CNCC2C1. The molecule has 1 heteroatoms. The van der Waals surface area contributed by atoms with Gasteiger partial charge in [0.1, 0.15) is 0 Å². The van der Waals surface area contributed by atoms with Crippen LogP contribution in [0.5, 0.6) is 0 Å². The number of hydrogen-bond donors (Lipinski definition) is 1. The van der Waals surface area contributed by atoms with Crippen LogP contribution in [0, 0.1) is 5.92 Å². The summed E-state index contributed by atoms with van der Waals surface area (Å²) in [4.78, 5) is 0. The van der Waals surface area contributed by atoms with Crippen molar-refractivity contribution in [1.82, 2.24) is 5.32 Å². The van der Waals surface area contributed by atoms with E-state index in [1.807, 2.05) is 0 Å². The third-order valence-corrected chi connectivity index (χ3v) is 3.13. The second-order valence-electron chi connectivity index (χ2n) is 3.88. The molecule has 0 amide bonds. The molecule has 0 spiro atoms. The minimum absolute atomic E-state index is 0.773. The van der Waals surface area contributed by atoms with E-state index in [0.717, 1.165) is 12.5 Å². The first-order chi connectivity index (χ1) is 6.45. The van der Waals surface area contributed by atoms with Crippen molar-refractivity contribution in [2.24, 2.45) is 5.92 Å². The Balaban J connectivity index is 2.38. The molecule has 1 fully saturated rings. The summed E-state index contributed by atoms with van der Waals surface area (Å²) in [5.74, 6) is 0.773. The molecule has 66 valence electrons. The highest BCUT2D eigenvalue weighted by Gasteiger charge is 2.21. The van der Waals surface area contributed by atoms with Crippen molar-refractivity contribution >= 4 is 11.6 Å². The standard InChI is InChI=1S/C12H13N/c1-2-4-11-9(3-1)5-6-10-7-13-8-12(10)11/h1-5,10,13H,6-8H2. The zero-order valence-corrected chi connectivity index (χ0v) is 7.59. The first kappa shape index (κ1) is 7.34. The van der Waals surface area contributed by atoms with Crippen molar-refractivity contribution in [3.8, 4) is 0 Å². The first-order valence-corrected chi connectivity index (χ1v) is 4.94. The van der Waals surface area contributed by atoms with Crippen LogP contribution in [0.1, 0.15) is 6.42 Å². The van der Waals surface area contributed by atoms with E-state index in [-0.39, 0.29) is 0 Å². The lowest BCUT2D eigenvalue weighted by molar-refractivity contribution is 0.694. The third kappa shape index (κ3) is 1.04. The van der Waals surface area contributed by atoms with Crippen LogP contribution in [-0.2, 0) is 0 Å². The first-order valence-electron chi connectivity index (χ1n) is 4.94. The zero-order valence-electron chi connectivity index (χ0n) is 7.59. The zero-order chi connectivity index (χ0) is 8.67. The summed E-state index contributed by atoms with van der Waals surface area (Å²) in [7, 11) is 0. The molecule has 1 nitrogen and oxygen atoms in total. The minimum Gasteiger partial charge on any atom is -0.312 e. The number of rotatable bonds is 0. The molecule has 1 atom stereocenters. The minimum atomic E-state index is 0.773. The van der Waals surface area contributed by atoms with Crippen LogP contribution in [0.25, 0.3) is 11.6 Å². The predicted molar refractivity (Wildman–Crippen MR) is 54.5 cm³/mol. The predicted octanol–water partition coefficient (Wildman–Crippen LogP) is 0.241. The Morgan fingerprint density at radius 2 is 2.15 bits per heavy atom. The van der Waals surface area contributed by atoms with Gasteiger partial charge in [-0.2, -0.15) is 0 Å². The molecule has 0 bridgehead atoms. The monoisotopic (exact) mass is 171 g/mol. The van der Waals surface area contributed by atoms with Gasteiger partial charge in [-0.05, 0) is 28.3 Å². The van der Waals surface area contributed by atoms with E-state index < -0.39 is 0 Å². The summed E-state index contributed by atoms with van der Waals surface area (Å²) in [5.41, 5.74) is 1.62. The van der Waals surface area contributed by atoms with Crippen LogP contribution in [0.2, 0.25) is 0 Å². The van der Waals surface area contributed by atoms with Gasteiger partial charge >= 0.3 is 0 Å². The van der Waals surface area contributed by atoms with Gasteiger partial charge in [-0.3, -0.25) is 0 Å². The molecule has 0 radical (unpaired) electrons. The van der Waals surface area contributed by atoms with Crippen molar-refractivity contribution in [3.05, 3.63) is 34.7 Å². The maximum atomic E-state index is 3.45. The third-order valence-electron chi connectivity index (χ3n) is 3.13. The molecular weight excluding hydrogens is 158 g/mol. The van der Waals surface area contributed by atoms with Crippen molar-refractivity contribution in [2.75, 3.05) is 13.1 Å². The Hall–Kier alpha value is -1.08. The fraction of sp³-hybridized carbons (Fsp3) is 0.333. The van der Waals surface area contributed by atoms with Crippen molar-refractivity contribution in [2.45, 2.75) is 6.42 Å². The van der Waals surface area contributed by atoms with E-state index in [9.17, 15) is 0 Å². The average Bonchev–Trinajstić information content (AvgIpc) is 2.65. The molecule has 3 rings (SSSR count). The fourth-order valence-electron chi connectivity index (χ4n) is 2.43. The lowest BCUT2D eigenvalue weighted by atomic mass is 9.91. The molecule has 1 heterocycles. The van der Waals surface area contributed by atoms with Crippen LogP contribution < -0.4 is 15.8 Å². The molecule has 0 saturated carbocycles. The van der Waals surface area contributed by atoms with E-state index >= 15 is 0 Å². The Labute approximate surface area is 77.8 Å². The van der Waals surface area contributed by atoms with E-state index in [2.05, 4.69) is 35.7 Å². The Bertz CT molecular complexity index is 444. The highest BCUT2D eigenvalue weighted by Crippen LogP contribution is 2.20. The van der Waals surface area contributed by atoms with Gasteiger partial charge in [0.25, 0.3) is 0 Å². The summed E-state index contributed by atoms with van der Waals surface area (Å²) in [6, 6.07) is 8.73. The molecule has 1 aliphatic carbocycles. The highest BCUT2D eigenvalue weighted by atomic mass is 14.9. The van der Waals surface area contributed by atoms with Crippen molar-refractivity contribution in [3.63, 3.8) is 0 Å². The van der Waals surface area contributed by atoms with Gasteiger partial charge in [0, 0.05) is 13.1 Å². The van der Waals surface area contributed by atoms with Gasteiger partial charge < -0.3 is 5.32 Å². The van der Waals surface area contributed by atoms with E-state index in [4.69, 9.17) is 0 Å². The summed E-state index contributed by atoms with van der Waals surface area (Å²) in [6.45, 7) is 2.26. The summed E-state index contributed by atoms with van der Waals surface area (Å²) < 4.78 is 0. The van der Waals surface area contributed by atoms with Crippen LogP contribution in [0.4, 0.5) is 0 Å². The lowest BCUT2D eigenvalue weighted by Gasteiger charge is -2.12. The molecule has 1 aromatic rings. The smallest absolute Gasteiger partial charge is 0.0177 e.